The van der Waals surface area contributed by atoms with Crippen LogP contribution in [0.4, 0.5) is 5.69 Å². The third-order valence-electron chi connectivity index (χ3n) is 3.50. The maximum absolute atomic E-state index is 11.5. The molecule has 2 rings (SSSR count). The minimum atomic E-state index is -0.493. The van der Waals surface area contributed by atoms with Gasteiger partial charge in [0.25, 0.3) is 0 Å². The van der Waals surface area contributed by atoms with Gasteiger partial charge >= 0.3 is 11.9 Å². The van der Waals surface area contributed by atoms with Gasteiger partial charge in [0.2, 0.25) is 0 Å². The molecule has 0 radical (unpaired) electrons. The molecule has 0 aromatic carbocycles. The lowest BCUT2D eigenvalue weighted by molar-refractivity contribution is -0.141. The van der Waals surface area contributed by atoms with Crippen LogP contribution in [0.25, 0.3) is 0 Å². The predicted octanol–water partition coefficient (Wildman–Crippen LogP) is 1.89. The van der Waals surface area contributed by atoms with E-state index in [0.717, 1.165) is 18.6 Å². The summed E-state index contributed by atoms with van der Waals surface area (Å²) >= 11 is 1.46. The molecule has 1 fully saturated rings. The summed E-state index contributed by atoms with van der Waals surface area (Å²) in [5.74, 6) is 0.0362. The number of esters is 2. The van der Waals surface area contributed by atoms with Crippen LogP contribution in [0.15, 0.2) is 17.2 Å². The quantitative estimate of drug-likeness (QED) is 0.633. The van der Waals surface area contributed by atoms with Gasteiger partial charge in [0.15, 0.2) is 0 Å². The second kappa shape index (κ2) is 6.34. The number of carbonyl (C=O) groups is 2. The third kappa shape index (κ3) is 3.87. The summed E-state index contributed by atoms with van der Waals surface area (Å²) in [4.78, 5) is 27.1. The highest BCUT2D eigenvalue weighted by molar-refractivity contribution is 7.99. The first-order chi connectivity index (χ1) is 9.99. The molecule has 1 aromatic rings. The van der Waals surface area contributed by atoms with Crippen LogP contribution in [0.3, 0.4) is 0 Å². The Morgan fingerprint density at radius 1 is 1.33 bits per heavy atom. The fourth-order valence-corrected chi connectivity index (χ4v) is 3.17. The average molecular weight is 310 g/mol. The van der Waals surface area contributed by atoms with Crippen LogP contribution in [0.5, 0.6) is 0 Å². The zero-order valence-electron chi connectivity index (χ0n) is 12.0. The SMILES string of the molecule is COC(=O)CC1(CSc2nc(C(=O)OC)ccc2N)CC1. The molecule has 7 heteroatoms. The number of aromatic nitrogens is 1. The van der Waals surface area contributed by atoms with Gasteiger partial charge in [-0.3, -0.25) is 4.79 Å². The largest absolute Gasteiger partial charge is 0.469 e. The van der Waals surface area contributed by atoms with Crippen molar-refractivity contribution >= 4 is 29.4 Å². The smallest absolute Gasteiger partial charge is 0.356 e. The van der Waals surface area contributed by atoms with E-state index in [0.29, 0.717) is 17.1 Å². The number of nitrogen functional groups attached to an aromatic ring is 1. The van der Waals surface area contributed by atoms with Crippen LogP contribution < -0.4 is 5.73 Å². The van der Waals surface area contributed by atoms with Gasteiger partial charge in [-0.15, -0.1) is 11.8 Å². The van der Waals surface area contributed by atoms with Crippen LogP contribution in [-0.2, 0) is 14.3 Å². The zero-order chi connectivity index (χ0) is 15.5. The van der Waals surface area contributed by atoms with Gasteiger partial charge in [0.05, 0.1) is 26.3 Å². The summed E-state index contributed by atoms with van der Waals surface area (Å²) in [5.41, 5.74) is 6.60. The second-order valence-corrected chi connectivity index (χ2v) is 6.09. The molecule has 114 valence electrons. The van der Waals surface area contributed by atoms with Crippen molar-refractivity contribution in [1.29, 1.82) is 0 Å². The van der Waals surface area contributed by atoms with Crippen LogP contribution >= 0.6 is 11.8 Å². The summed E-state index contributed by atoms with van der Waals surface area (Å²) in [6.07, 6.45) is 2.39. The number of nitrogens with two attached hydrogens (primary N) is 1. The Balaban J connectivity index is 2.03. The minimum Gasteiger partial charge on any atom is -0.469 e. The normalized spacial score (nSPS) is 15.3. The first kappa shape index (κ1) is 15.6. The third-order valence-corrected chi connectivity index (χ3v) is 4.86. The molecule has 1 aliphatic rings. The van der Waals surface area contributed by atoms with Crippen LogP contribution in [-0.4, -0.2) is 36.9 Å². The van der Waals surface area contributed by atoms with Crippen molar-refractivity contribution < 1.29 is 19.1 Å². The van der Waals surface area contributed by atoms with E-state index in [2.05, 4.69) is 9.72 Å². The number of ether oxygens (including phenoxy) is 2. The van der Waals surface area contributed by atoms with E-state index in [4.69, 9.17) is 10.5 Å². The van der Waals surface area contributed by atoms with Crippen LogP contribution in [0, 0.1) is 5.41 Å². The summed E-state index contributed by atoms with van der Waals surface area (Å²) in [7, 11) is 2.70. The van der Waals surface area contributed by atoms with Gasteiger partial charge in [-0.05, 0) is 30.4 Å². The lowest BCUT2D eigenvalue weighted by Crippen LogP contribution is -2.13. The molecule has 0 unspecified atom stereocenters. The Morgan fingerprint density at radius 2 is 2.05 bits per heavy atom. The molecule has 21 heavy (non-hydrogen) atoms. The maximum Gasteiger partial charge on any atom is 0.356 e. The number of anilines is 1. The molecule has 0 bridgehead atoms. The molecule has 0 aliphatic heterocycles. The lowest BCUT2D eigenvalue weighted by atomic mass is 10.1. The number of thioether (sulfide) groups is 1. The van der Waals surface area contributed by atoms with Crippen molar-refractivity contribution in [3.8, 4) is 0 Å². The van der Waals surface area contributed by atoms with E-state index in [1.807, 2.05) is 0 Å². The molecule has 0 atom stereocenters. The maximum atomic E-state index is 11.5. The zero-order valence-corrected chi connectivity index (χ0v) is 12.9. The van der Waals surface area contributed by atoms with Gasteiger partial charge in [-0.25, -0.2) is 9.78 Å². The van der Waals surface area contributed by atoms with Gasteiger partial charge in [0.1, 0.15) is 10.7 Å². The molecule has 1 aliphatic carbocycles. The number of rotatable bonds is 6. The Bertz CT molecular complexity index is 558. The summed E-state index contributed by atoms with van der Waals surface area (Å²) in [6.45, 7) is 0. The monoisotopic (exact) mass is 310 g/mol. The number of nitrogens with zero attached hydrogens (tertiary/aromatic N) is 1. The van der Waals surface area contributed by atoms with Crippen molar-refractivity contribution in [3.05, 3.63) is 17.8 Å². The molecule has 1 heterocycles. The molecule has 1 aromatic heterocycles. The van der Waals surface area contributed by atoms with E-state index in [1.165, 1.54) is 32.0 Å². The standard InChI is InChI=1S/C14H18N2O4S/c1-19-11(17)7-14(5-6-14)8-21-12-9(15)3-4-10(16-12)13(18)20-2/h3-4H,5-8,15H2,1-2H3. The van der Waals surface area contributed by atoms with E-state index >= 15 is 0 Å². The van der Waals surface area contributed by atoms with E-state index in [9.17, 15) is 9.59 Å². The fraction of sp³-hybridized carbons (Fsp3) is 0.500. The molecule has 1 saturated carbocycles. The van der Waals surface area contributed by atoms with Crippen molar-refractivity contribution in [2.24, 2.45) is 5.41 Å². The highest BCUT2D eigenvalue weighted by Gasteiger charge is 2.44. The average Bonchev–Trinajstić information content (AvgIpc) is 3.25. The second-order valence-electron chi connectivity index (χ2n) is 5.12. The number of hydrogen-bond donors (Lipinski definition) is 1. The summed E-state index contributed by atoms with van der Waals surface area (Å²) in [5, 5.41) is 0.592. The predicted molar refractivity (Wildman–Crippen MR) is 79.0 cm³/mol. The number of hydrogen-bond acceptors (Lipinski definition) is 7. The molecular formula is C14H18N2O4S. The van der Waals surface area contributed by atoms with Crippen LogP contribution in [0.1, 0.15) is 29.8 Å². The minimum absolute atomic E-state index is 0.0207. The first-order valence-corrected chi connectivity index (χ1v) is 7.53. The van der Waals surface area contributed by atoms with Crippen molar-refractivity contribution in [2.75, 3.05) is 25.7 Å². The number of methoxy groups -OCH3 is 2. The fourth-order valence-electron chi connectivity index (χ4n) is 1.93. The number of pyridine rings is 1. The Morgan fingerprint density at radius 3 is 2.62 bits per heavy atom. The number of carbonyl (C=O) groups excluding carboxylic acids is 2. The highest BCUT2D eigenvalue weighted by Crippen LogP contribution is 2.52. The van der Waals surface area contributed by atoms with Crippen molar-refractivity contribution in [3.63, 3.8) is 0 Å². The van der Waals surface area contributed by atoms with Crippen molar-refractivity contribution in [2.45, 2.75) is 24.3 Å². The van der Waals surface area contributed by atoms with E-state index in [-0.39, 0.29) is 17.1 Å². The molecule has 0 spiro atoms. The Hall–Kier alpha value is -1.76. The van der Waals surface area contributed by atoms with E-state index < -0.39 is 5.97 Å². The van der Waals surface area contributed by atoms with Gasteiger partial charge in [0, 0.05) is 5.75 Å². The van der Waals surface area contributed by atoms with E-state index in [1.54, 1.807) is 6.07 Å². The molecule has 0 saturated heterocycles. The first-order valence-electron chi connectivity index (χ1n) is 6.54. The van der Waals surface area contributed by atoms with Crippen LogP contribution in [0.2, 0.25) is 0 Å². The Kier molecular flexibility index (Phi) is 4.72. The highest BCUT2D eigenvalue weighted by atomic mass is 32.2. The summed E-state index contributed by atoms with van der Waals surface area (Å²) in [6, 6.07) is 3.17. The molecular weight excluding hydrogens is 292 g/mol. The summed E-state index contributed by atoms with van der Waals surface area (Å²) < 4.78 is 9.36. The topological polar surface area (TPSA) is 91.5 Å². The molecule has 6 nitrogen and oxygen atoms in total. The molecule has 2 N–H and O–H groups in total. The van der Waals surface area contributed by atoms with Gasteiger partial charge in [-0.2, -0.15) is 0 Å². The lowest BCUT2D eigenvalue weighted by Gasteiger charge is -2.13. The molecule has 0 amide bonds. The van der Waals surface area contributed by atoms with Gasteiger partial charge < -0.3 is 15.2 Å². The Labute approximate surface area is 127 Å². The van der Waals surface area contributed by atoms with Crippen molar-refractivity contribution in [1.82, 2.24) is 4.98 Å². The van der Waals surface area contributed by atoms with Gasteiger partial charge in [-0.1, -0.05) is 0 Å².